The van der Waals surface area contributed by atoms with E-state index in [2.05, 4.69) is 10.6 Å². The van der Waals surface area contributed by atoms with Crippen molar-refractivity contribution < 1.29 is 29.4 Å². The Balaban J connectivity index is 1.74. The van der Waals surface area contributed by atoms with Gasteiger partial charge >= 0.3 is 5.97 Å². The molecule has 2 aromatic rings. The van der Waals surface area contributed by atoms with E-state index in [1.807, 2.05) is 36.6 Å². The number of aliphatic carboxylic acids is 1. The summed E-state index contributed by atoms with van der Waals surface area (Å²) in [6.45, 7) is 0.320. The molecule has 0 bridgehead atoms. The van der Waals surface area contributed by atoms with Crippen LogP contribution in [0.2, 0.25) is 0 Å². The summed E-state index contributed by atoms with van der Waals surface area (Å²) in [5, 5.41) is 24.4. The van der Waals surface area contributed by atoms with Crippen molar-refractivity contribution in [3.05, 3.63) is 65.7 Å². The standard InChI is InChI=1S/C28H36N4O6S/c1-39-15-13-22(28(37)38)30-26(35)24-8-5-14-32(24)27(36)23(17-18-6-3-2-4-7-18)31-25(34)21(29)16-19-9-11-20(33)12-10-19/h2-4,6-7,9-12,21-24,33H,5,8,13-17,29H2,1H3,(H,30,35)(H,31,34)(H,37,38). The molecule has 3 amide bonds. The van der Waals surface area contributed by atoms with Gasteiger partial charge in [-0.2, -0.15) is 11.8 Å². The lowest BCUT2D eigenvalue weighted by molar-refractivity contribution is -0.145. The molecule has 39 heavy (non-hydrogen) atoms. The second-order valence-electron chi connectivity index (χ2n) is 9.60. The van der Waals surface area contributed by atoms with E-state index in [4.69, 9.17) is 5.73 Å². The number of likely N-dealkylation sites (tertiary alicyclic amines) is 1. The van der Waals surface area contributed by atoms with Gasteiger partial charge in [-0.3, -0.25) is 14.4 Å². The Labute approximate surface area is 232 Å². The number of aromatic hydroxyl groups is 1. The Morgan fingerprint density at radius 2 is 1.67 bits per heavy atom. The Kier molecular flexibility index (Phi) is 11.2. The molecule has 4 unspecified atom stereocenters. The number of nitrogens with zero attached hydrogens (tertiary/aromatic N) is 1. The number of phenols is 1. The van der Waals surface area contributed by atoms with Crippen LogP contribution in [-0.2, 0) is 32.0 Å². The average molecular weight is 557 g/mol. The molecule has 4 atom stereocenters. The lowest BCUT2D eigenvalue weighted by atomic mass is 10.0. The number of rotatable bonds is 13. The Bertz CT molecular complexity index is 1130. The first-order chi connectivity index (χ1) is 18.7. The van der Waals surface area contributed by atoms with Crippen LogP contribution in [-0.4, -0.2) is 81.5 Å². The number of carboxylic acids is 1. The zero-order valence-corrected chi connectivity index (χ0v) is 22.7. The van der Waals surface area contributed by atoms with Crippen molar-refractivity contribution in [3.8, 4) is 5.75 Å². The van der Waals surface area contributed by atoms with Crippen LogP contribution in [0.1, 0.15) is 30.4 Å². The van der Waals surface area contributed by atoms with Crippen LogP contribution in [0.4, 0.5) is 0 Å². The maximum atomic E-state index is 13.8. The first-order valence-electron chi connectivity index (χ1n) is 12.9. The SMILES string of the molecule is CSCCC(NC(=O)C1CCCN1C(=O)C(Cc1ccccc1)NC(=O)C(N)Cc1ccc(O)cc1)C(=O)O. The summed E-state index contributed by atoms with van der Waals surface area (Å²) in [6.07, 6.45) is 3.52. The highest BCUT2D eigenvalue weighted by Crippen LogP contribution is 2.21. The van der Waals surface area contributed by atoms with Gasteiger partial charge in [0, 0.05) is 13.0 Å². The van der Waals surface area contributed by atoms with Gasteiger partial charge in [-0.25, -0.2) is 4.79 Å². The topological polar surface area (TPSA) is 162 Å². The van der Waals surface area contributed by atoms with Crippen LogP contribution in [0.15, 0.2) is 54.6 Å². The van der Waals surface area contributed by atoms with Crippen LogP contribution in [0.3, 0.4) is 0 Å². The highest BCUT2D eigenvalue weighted by Gasteiger charge is 2.39. The van der Waals surface area contributed by atoms with E-state index in [9.17, 15) is 29.4 Å². The Hall–Kier alpha value is -3.57. The number of phenolic OH excluding ortho intramolecular Hbond substituents is 1. The summed E-state index contributed by atoms with van der Waals surface area (Å²) in [7, 11) is 0. The molecule has 0 radical (unpaired) electrons. The number of hydrogen-bond donors (Lipinski definition) is 5. The van der Waals surface area contributed by atoms with E-state index in [-0.39, 0.29) is 25.0 Å². The predicted octanol–water partition coefficient (Wildman–Crippen LogP) is 1.30. The van der Waals surface area contributed by atoms with Crippen molar-refractivity contribution in [3.63, 3.8) is 0 Å². The zero-order valence-electron chi connectivity index (χ0n) is 21.9. The molecule has 0 aliphatic carbocycles. The fraction of sp³-hybridized carbons (Fsp3) is 0.429. The van der Waals surface area contributed by atoms with E-state index in [0.717, 1.165) is 11.1 Å². The highest BCUT2D eigenvalue weighted by molar-refractivity contribution is 7.98. The summed E-state index contributed by atoms with van der Waals surface area (Å²) < 4.78 is 0. The number of carboxylic acid groups (broad SMARTS) is 1. The normalized spacial score (nSPS) is 17.2. The number of nitrogens with two attached hydrogens (primary N) is 1. The molecule has 3 rings (SSSR count). The monoisotopic (exact) mass is 556 g/mol. The molecule has 0 saturated carbocycles. The first-order valence-corrected chi connectivity index (χ1v) is 14.3. The highest BCUT2D eigenvalue weighted by atomic mass is 32.2. The van der Waals surface area contributed by atoms with Crippen LogP contribution >= 0.6 is 11.8 Å². The minimum Gasteiger partial charge on any atom is -0.508 e. The van der Waals surface area contributed by atoms with Crippen molar-refractivity contribution in [2.24, 2.45) is 5.73 Å². The van der Waals surface area contributed by atoms with Gasteiger partial charge in [0.05, 0.1) is 6.04 Å². The summed E-state index contributed by atoms with van der Waals surface area (Å²) >= 11 is 1.49. The number of nitrogens with one attached hydrogen (secondary N) is 2. The van der Waals surface area contributed by atoms with Gasteiger partial charge in [0.25, 0.3) is 0 Å². The van der Waals surface area contributed by atoms with Gasteiger partial charge in [0.15, 0.2) is 0 Å². The van der Waals surface area contributed by atoms with Gasteiger partial charge in [0.2, 0.25) is 17.7 Å². The Morgan fingerprint density at radius 3 is 2.31 bits per heavy atom. The van der Waals surface area contributed by atoms with Crippen LogP contribution in [0.25, 0.3) is 0 Å². The third kappa shape index (κ3) is 8.72. The summed E-state index contributed by atoms with van der Waals surface area (Å²) in [4.78, 5) is 53.0. The van der Waals surface area contributed by atoms with E-state index >= 15 is 0 Å². The molecule has 1 aliphatic rings. The minimum absolute atomic E-state index is 0.105. The smallest absolute Gasteiger partial charge is 0.326 e. The van der Waals surface area contributed by atoms with E-state index in [1.165, 1.54) is 28.8 Å². The van der Waals surface area contributed by atoms with Gasteiger partial charge in [-0.15, -0.1) is 0 Å². The lowest BCUT2D eigenvalue weighted by Crippen LogP contribution is -2.57. The number of carbonyl (C=O) groups excluding carboxylic acids is 3. The number of thioether (sulfide) groups is 1. The summed E-state index contributed by atoms with van der Waals surface area (Å²) in [5.41, 5.74) is 7.74. The lowest BCUT2D eigenvalue weighted by Gasteiger charge is -2.30. The molecular formula is C28H36N4O6S. The van der Waals surface area contributed by atoms with Crippen molar-refractivity contribution in [2.75, 3.05) is 18.6 Å². The molecule has 210 valence electrons. The van der Waals surface area contributed by atoms with E-state index in [0.29, 0.717) is 25.1 Å². The second-order valence-corrected chi connectivity index (χ2v) is 10.6. The fourth-order valence-corrected chi connectivity index (χ4v) is 5.04. The van der Waals surface area contributed by atoms with Crippen molar-refractivity contribution in [1.82, 2.24) is 15.5 Å². The second kappa shape index (κ2) is 14.5. The number of hydrogen-bond acceptors (Lipinski definition) is 7. The fourth-order valence-electron chi connectivity index (χ4n) is 4.57. The van der Waals surface area contributed by atoms with Gasteiger partial charge in [0.1, 0.15) is 23.9 Å². The largest absolute Gasteiger partial charge is 0.508 e. The first kappa shape index (κ1) is 30.0. The number of carbonyl (C=O) groups is 4. The van der Waals surface area contributed by atoms with Crippen LogP contribution < -0.4 is 16.4 Å². The van der Waals surface area contributed by atoms with Gasteiger partial charge in [-0.1, -0.05) is 42.5 Å². The van der Waals surface area contributed by atoms with Crippen molar-refractivity contribution >= 4 is 35.5 Å². The number of benzene rings is 2. The molecule has 1 fully saturated rings. The molecule has 1 aliphatic heterocycles. The van der Waals surface area contributed by atoms with Gasteiger partial charge < -0.3 is 31.5 Å². The van der Waals surface area contributed by atoms with Crippen LogP contribution in [0.5, 0.6) is 5.75 Å². The molecule has 11 heteroatoms. The van der Waals surface area contributed by atoms with Crippen molar-refractivity contribution in [1.29, 1.82) is 0 Å². The molecular weight excluding hydrogens is 520 g/mol. The molecule has 0 aromatic heterocycles. The average Bonchev–Trinajstić information content (AvgIpc) is 3.42. The van der Waals surface area contributed by atoms with Crippen molar-refractivity contribution in [2.45, 2.75) is 56.3 Å². The zero-order chi connectivity index (χ0) is 28.4. The number of amides is 3. The maximum absolute atomic E-state index is 13.8. The van der Waals surface area contributed by atoms with E-state index in [1.54, 1.807) is 12.1 Å². The molecule has 6 N–H and O–H groups in total. The maximum Gasteiger partial charge on any atom is 0.326 e. The van der Waals surface area contributed by atoms with Crippen LogP contribution in [0, 0.1) is 0 Å². The molecule has 2 aromatic carbocycles. The summed E-state index contributed by atoms with van der Waals surface area (Å²) in [6, 6.07) is 11.8. The minimum atomic E-state index is -1.12. The molecule has 1 heterocycles. The summed E-state index contributed by atoms with van der Waals surface area (Å²) in [5.74, 6) is -1.89. The quantitative estimate of drug-likeness (QED) is 0.247. The Morgan fingerprint density at radius 1 is 1.00 bits per heavy atom. The van der Waals surface area contributed by atoms with Gasteiger partial charge in [-0.05, 0) is 61.0 Å². The third-order valence-corrected chi connectivity index (χ3v) is 7.33. The molecule has 1 saturated heterocycles. The predicted molar refractivity (Wildman–Crippen MR) is 149 cm³/mol. The van der Waals surface area contributed by atoms with E-state index < -0.39 is 47.9 Å². The molecule has 0 spiro atoms. The molecule has 10 nitrogen and oxygen atoms in total. The third-order valence-electron chi connectivity index (χ3n) is 6.69.